The van der Waals surface area contributed by atoms with Crippen LogP contribution in [0.3, 0.4) is 0 Å². The highest BCUT2D eigenvalue weighted by molar-refractivity contribution is 7.93. The highest BCUT2D eigenvalue weighted by Gasteiger charge is 2.47. The summed E-state index contributed by atoms with van der Waals surface area (Å²) in [6, 6.07) is 16.8. The minimum Gasteiger partial charge on any atom is -0.370 e. The number of nitrogens with zero attached hydrogens (tertiary/aromatic N) is 5. The molecule has 216 valence electrons. The zero-order valence-electron chi connectivity index (χ0n) is 23.1. The summed E-state index contributed by atoms with van der Waals surface area (Å²) in [5, 5.41) is 22.2. The molecule has 1 saturated heterocycles. The second-order valence-corrected chi connectivity index (χ2v) is 14.9. The first kappa shape index (κ1) is 28.3. The third-order valence-electron chi connectivity index (χ3n) is 8.59. The van der Waals surface area contributed by atoms with E-state index in [-0.39, 0.29) is 23.6 Å². The Balaban J connectivity index is 1.32. The maximum atomic E-state index is 13.7. The summed E-state index contributed by atoms with van der Waals surface area (Å²) < 4.78 is 30.0. The van der Waals surface area contributed by atoms with Gasteiger partial charge in [0.05, 0.1) is 37.9 Å². The lowest BCUT2D eigenvalue weighted by Gasteiger charge is -2.31. The molecule has 2 heterocycles. The fraction of sp³-hybridized carbons (Fsp3) is 0.419. The minimum atomic E-state index is -2.46. The maximum Gasteiger partial charge on any atom is 0.225 e. The standard InChI is InChI=1S/C31H31FN6O2S2/c32-23-9-5-22(6-10-23)30-36-27(25-3-1-2-4-26(25)29(39)37-31(19-33)13-14-31)28(41-30)21-7-11-24(12-8-21)38-15-17-42(40,18-16-38)35-20-34/h5-12,25-26H,1-4,13-18H2,(H,37,39)/t25-,26-/m1/s1. The molecule has 1 aromatic heterocycles. The predicted octanol–water partition coefficient (Wildman–Crippen LogP) is 5.83. The van der Waals surface area contributed by atoms with Crippen molar-refractivity contribution in [1.29, 1.82) is 10.5 Å². The number of anilines is 1. The van der Waals surface area contributed by atoms with E-state index in [0.717, 1.165) is 58.1 Å². The number of aromatic nitrogens is 1. The van der Waals surface area contributed by atoms with Gasteiger partial charge in [0.25, 0.3) is 0 Å². The Morgan fingerprint density at radius 3 is 2.36 bits per heavy atom. The Hall–Kier alpha value is -3.80. The SMILES string of the molecule is N#CN=S1(=O)CCN(c2ccc(-c3sc(-c4ccc(F)cc4)nc3[C@@H]3CCCC[C@H]3C(=O)NC3(C#N)CC3)cc2)CC1. The molecule has 6 rings (SSSR count). The van der Waals surface area contributed by atoms with Gasteiger partial charge < -0.3 is 10.2 Å². The Morgan fingerprint density at radius 2 is 1.71 bits per heavy atom. The molecule has 0 bridgehead atoms. The Kier molecular flexibility index (Phi) is 7.73. The first-order chi connectivity index (χ1) is 20.3. The molecule has 1 N–H and O–H groups in total. The third-order valence-corrected chi connectivity index (χ3v) is 11.8. The maximum absolute atomic E-state index is 13.7. The summed E-state index contributed by atoms with van der Waals surface area (Å²) >= 11 is 1.54. The largest absolute Gasteiger partial charge is 0.370 e. The van der Waals surface area contributed by atoms with Gasteiger partial charge in [0.1, 0.15) is 16.4 Å². The molecule has 8 nitrogen and oxygen atoms in total. The monoisotopic (exact) mass is 602 g/mol. The average molecular weight is 603 g/mol. The van der Waals surface area contributed by atoms with Crippen molar-refractivity contribution in [3.8, 4) is 33.3 Å². The van der Waals surface area contributed by atoms with Crippen LogP contribution in [0.5, 0.6) is 0 Å². The van der Waals surface area contributed by atoms with Gasteiger partial charge in [-0.3, -0.25) is 4.79 Å². The lowest BCUT2D eigenvalue weighted by molar-refractivity contribution is -0.127. The van der Waals surface area contributed by atoms with Gasteiger partial charge in [-0.05, 0) is 67.6 Å². The predicted molar refractivity (Wildman–Crippen MR) is 161 cm³/mol. The highest BCUT2D eigenvalue weighted by Crippen LogP contribution is 2.46. The fourth-order valence-electron chi connectivity index (χ4n) is 5.96. The quantitative estimate of drug-likeness (QED) is 0.354. The number of hydrogen-bond donors (Lipinski definition) is 1. The van der Waals surface area contributed by atoms with Crippen molar-refractivity contribution < 1.29 is 13.4 Å². The van der Waals surface area contributed by atoms with Crippen molar-refractivity contribution in [3.05, 3.63) is 60.0 Å². The number of hydrogen-bond acceptors (Lipinski definition) is 8. The van der Waals surface area contributed by atoms with Crippen molar-refractivity contribution in [2.75, 3.05) is 29.5 Å². The fourth-order valence-corrected chi connectivity index (χ4v) is 8.66. The molecule has 3 fully saturated rings. The van der Waals surface area contributed by atoms with E-state index in [0.29, 0.717) is 37.4 Å². The summed E-state index contributed by atoms with van der Waals surface area (Å²) in [6.07, 6.45) is 6.61. The van der Waals surface area contributed by atoms with Crippen molar-refractivity contribution in [2.45, 2.75) is 50.0 Å². The van der Waals surface area contributed by atoms with E-state index < -0.39 is 15.3 Å². The highest BCUT2D eigenvalue weighted by atomic mass is 32.2. The zero-order valence-corrected chi connectivity index (χ0v) is 24.7. The van der Waals surface area contributed by atoms with E-state index in [9.17, 15) is 18.7 Å². The Labute approximate surface area is 249 Å². The number of nitriles is 2. The van der Waals surface area contributed by atoms with Crippen LogP contribution < -0.4 is 10.2 Å². The van der Waals surface area contributed by atoms with Crippen molar-refractivity contribution in [1.82, 2.24) is 10.3 Å². The van der Waals surface area contributed by atoms with Crippen molar-refractivity contribution >= 4 is 32.7 Å². The molecule has 2 atom stereocenters. The van der Waals surface area contributed by atoms with Crippen LogP contribution in [0.1, 0.15) is 50.1 Å². The minimum absolute atomic E-state index is 0.0683. The number of benzene rings is 2. The average Bonchev–Trinajstić information content (AvgIpc) is 3.64. The lowest BCUT2D eigenvalue weighted by atomic mass is 9.76. The van der Waals surface area contributed by atoms with Crippen LogP contribution in [-0.2, 0) is 14.5 Å². The van der Waals surface area contributed by atoms with Crippen LogP contribution >= 0.6 is 11.3 Å². The molecule has 0 radical (unpaired) electrons. The molecule has 3 aromatic rings. The molecule has 3 aliphatic rings. The number of carbonyl (C=O) groups is 1. The zero-order chi connectivity index (χ0) is 29.3. The van der Waals surface area contributed by atoms with Crippen LogP contribution in [0, 0.1) is 34.5 Å². The van der Waals surface area contributed by atoms with E-state index in [1.165, 1.54) is 12.1 Å². The van der Waals surface area contributed by atoms with Crippen LogP contribution in [-0.4, -0.2) is 45.2 Å². The number of amides is 1. The van der Waals surface area contributed by atoms with E-state index in [1.54, 1.807) is 29.7 Å². The first-order valence-corrected chi connectivity index (χ1v) is 16.9. The Bertz CT molecular complexity index is 1680. The molecule has 2 saturated carbocycles. The number of carbonyl (C=O) groups excluding carboxylic acids is 1. The number of rotatable bonds is 6. The molecule has 0 unspecified atom stereocenters. The summed E-state index contributed by atoms with van der Waals surface area (Å²) in [4.78, 5) is 21.7. The van der Waals surface area contributed by atoms with Gasteiger partial charge in [0.2, 0.25) is 12.1 Å². The summed E-state index contributed by atoms with van der Waals surface area (Å²) in [7, 11) is -2.46. The summed E-state index contributed by atoms with van der Waals surface area (Å²) in [6.45, 7) is 1.12. The van der Waals surface area contributed by atoms with Crippen LogP contribution in [0.15, 0.2) is 52.9 Å². The second-order valence-electron chi connectivity index (χ2n) is 11.3. The smallest absolute Gasteiger partial charge is 0.225 e. The summed E-state index contributed by atoms with van der Waals surface area (Å²) in [5.74, 6) is -0.0145. The van der Waals surface area contributed by atoms with Crippen LogP contribution in [0.4, 0.5) is 10.1 Å². The normalized spacial score (nSPS) is 22.4. The van der Waals surface area contributed by atoms with Gasteiger partial charge in [0, 0.05) is 36.2 Å². The molecule has 2 aliphatic carbocycles. The molecular weight excluding hydrogens is 572 g/mol. The second kappa shape index (κ2) is 11.5. The molecule has 1 aliphatic heterocycles. The van der Waals surface area contributed by atoms with E-state index in [1.807, 2.05) is 12.1 Å². The molecule has 2 aromatic carbocycles. The van der Waals surface area contributed by atoms with E-state index in [4.69, 9.17) is 10.2 Å². The van der Waals surface area contributed by atoms with Gasteiger partial charge >= 0.3 is 0 Å². The van der Waals surface area contributed by atoms with Gasteiger partial charge in [-0.1, -0.05) is 25.0 Å². The van der Waals surface area contributed by atoms with Gasteiger partial charge in [0.15, 0.2) is 0 Å². The molecule has 11 heteroatoms. The number of nitrogens with one attached hydrogen (secondary N) is 1. The first-order valence-electron chi connectivity index (χ1n) is 14.3. The Morgan fingerprint density at radius 1 is 1.05 bits per heavy atom. The molecule has 1 amide bonds. The van der Waals surface area contributed by atoms with E-state index >= 15 is 0 Å². The molecular formula is C31H31FN6O2S2. The number of halogens is 1. The van der Waals surface area contributed by atoms with Gasteiger partial charge in [-0.2, -0.15) is 10.5 Å². The van der Waals surface area contributed by atoms with E-state index in [2.05, 4.69) is 32.8 Å². The van der Waals surface area contributed by atoms with Crippen molar-refractivity contribution in [3.63, 3.8) is 0 Å². The molecule has 0 spiro atoms. The summed E-state index contributed by atoms with van der Waals surface area (Å²) in [5.41, 5.74) is 2.97. The number of thiazole rings is 1. The van der Waals surface area contributed by atoms with Crippen LogP contribution in [0.2, 0.25) is 0 Å². The van der Waals surface area contributed by atoms with Gasteiger partial charge in [-0.15, -0.1) is 15.7 Å². The van der Waals surface area contributed by atoms with Gasteiger partial charge in [-0.25, -0.2) is 13.6 Å². The third kappa shape index (κ3) is 5.77. The lowest BCUT2D eigenvalue weighted by Crippen LogP contribution is -2.42. The van der Waals surface area contributed by atoms with Crippen molar-refractivity contribution in [2.24, 2.45) is 10.3 Å². The van der Waals surface area contributed by atoms with Crippen LogP contribution in [0.25, 0.3) is 21.0 Å². The molecule has 42 heavy (non-hydrogen) atoms. The topological polar surface area (TPSA) is 122 Å².